The van der Waals surface area contributed by atoms with Crippen LogP contribution in [-0.2, 0) is 6.42 Å². The molecule has 1 amide bonds. The lowest BCUT2D eigenvalue weighted by molar-refractivity contribution is 0.0828. The first-order valence-corrected chi connectivity index (χ1v) is 6.67. The number of nitrogens with one attached hydrogen (secondary N) is 1. The van der Waals surface area contributed by atoms with Gasteiger partial charge in [0.25, 0.3) is 5.91 Å². The highest BCUT2D eigenvalue weighted by Crippen LogP contribution is 2.16. The van der Waals surface area contributed by atoms with Gasteiger partial charge in [-0.2, -0.15) is 0 Å². The van der Waals surface area contributed by atoms with Crippen molar-refractivity contribution in [2.45, 2.75) is 26.7 Å². The topological polar surface area (TPSA) is 49.0 Å². The molecule has 2 rings (SSSR count). The zero-order valence-corrected chi connectivity index (χ0v) is 12.0. The van der Waals surface area contributed by atoms with Crippen molar-refractivity contribution >= 4 is 16.9 Å². The number of carbonyl (C=O) groups excluding carboxylic acids is 1. The normalized spacial score (nSPS) is 11.2. The van der Waals surface area contributed by atoms with E-state index in [1.807, 2.05) is 18.2 Å². The molecule has 0 bridgehead atoms. The summed E-state index contributed by atoms with van der Waals surface area (Å²) in [6.45, 7) is 4.41. The van der Waals surface area contributed by atoms with Crippen molar-refractivity contribution in [3.63, 3.8) is 0 Å². The van der Waals surface area contributed by atoms with E-state index in [0.717, 1.165) is 29.7 Å². The maximum atomic E-state index is 11.9. The number of hydrogen-bond acceptors (Lipinski definition) is 2. The van der Waals surface area contributed by atoms with E-state index < -0.39 is 0 Å². The predicted octanol–water partition coefficient (Wildman–Crippen LogP) is 2.85. The van der Waals surface area contributed by atoms with Crippen molar-refractivity contribution in [2.24, 2.45) is 5.92 Å². The average Bonchev–Trinajstić information content (AvgIpc) is 2.76. The largest absolute Gasteiger partial charge is 0.345 e. The molecule has 19 heavy (non-hydrogen) atoms. The van der Waals surface area contributed by atoms with Gasteiger partial charge in [0, 0.05) is 26.1 Å². The second-order valence-electron chi connectivity index (χ2n) is 5.55. The third-order valence-corrected chi connectivity index (χ3v) is 3.14. The summed E-state index contributed by atoms with van der Waals surface area (Å²) < 4.78 is 0. The van der Waals surface area contributed by atoms with Crippen LogP contribution in [0.15, 0.2) is 18.2 Å². The van der Waals surface area contributed by atoms with Crippen molar-refractivity contribution in [2.75, 3.05) is 14.1 Å². The number of H-pyrrole nitrogens is 1. The van der Waals surface area contributed by atoms with E-state index in [4.69, 9.17) is 0 Å². The molecule has 1 aromatic carbocycles. The van der Waals surface area contributed by atoms with E-state index in [1.165, 1.54) is 0 Å². The van der Waals surface area contributed by atoms with Gasteiger partial charge in [0.1, 0.15) is 5.82 Å². The molecule has 2 aromatic rings. The summed E-state index contributed by atoms with van der Waals surface area (Å²) in [6.07, 6.45) is 2.06. The Hall–Kier alpha value is -1.84. The second-order valence-corrected chi connectivity index (χ2v) is 5.55. The van der Waals surface area contributed by atoms with Crippen LogP contribution < -0.4 is 0 Å². The highest BCUT2D eigenvalue weighted by atomic mass is 16.2. The number of aromatic amines is 1. The third-order valence-electron chi connectivity index (χ3n) is 3.14. The fraction of sp³-hybridized carbons (Fsp3) is 0.467. The average molecular weight is 259 g/mol. The number of imidazole rings is 1. The molecule has 0 radical (unpaired) electrons. The number of hydrogen-bond donors (Lipinski definition) is 1. The van der Waals surface area contributed by atoms with Gasteiger partial charge in [0.2, 0.25) is 0 Å². The zero-order chi connectivity index (χ0) is 14.0. The summed E-state index contributed by atoms with van der Waals surface area (Å²) in [5.41, 5.74) is 2.55. The van der Waals surface area contributed by atoms with Crippen molar-refractivity contribution in [1.29, 1.82) is 0 Å². The summed E-state index contributed by atoms with van der Waals surface area (Å²) in [5.74, 6) is 1.68. The molecule has 102 valence electrons. The minimum Gasteiger partial charge on any atom is -0.345 e. The van der Waals surface area contributed by atoms with Gasteiger partial charge >= 0.3 is 0 Å². The molecule has 0 aliphatic rings. The molecule has 0 atom stereocenters. The minimum atomic E-state index is 0.0141. The van der Waals surface area contributed by atoms with Gasteiger partial charge < -0.3 is 9.88 Å². The van der Waals surface area contributed by atoms with E-state index in [1.54, 1.807) is 19.0 Å². The second kappa shape index (κ2) is 5.43. The molecule has 0 saturated heterocycles. The molecule has 4 nitrogen and oxygen atoms in total. The highest BCUT2D eigenvalue weighted by Gasteiger charge is 2.10. The van der Waals surface area contributed by atoms with E-state index >= 15 is 0 Å². The Balaban J connectivity index is 2.26. The molecule has 1 heterocycles. The van der Waals surface area contributed by atoms with Crippen molar-refractivity contribution < 1.29 is 4.79 Å². The number of aromatic nitrogens is 2. The first-order valence-electron chi connectivity index (χ1n) is 6.67. The Morgan fingerprint density at radius 3 is 2.74 bits per heavy atom. The first kappa shape index (κ1) is 13.6. The van der Waals surface area contributed by atoms with Gasteiger partial charge in [-0.05, 0) is 30.5 Å². The SMILES string of the molecule is CC(C)CCc1nc2ccc(C(=O)N(C)C)cc2[nH]1. The fourth-order valence-electron chi connectivity index (χ4n) is 2.00. The number of carbonyl (C=O) groups is 1. The van der Waals surface area contributed by atoms with Gasteiger partial charge in [0.05, 0.1) is 11.0 Å². The summed E-state index contributed by atoms with van der Waals surface area (Å²) in [4.78, 5) is 21.3. The molecule has 1 aromatic heterocycles. The lowest BCUT2D eigenvalue weighted by atomic mass is 10.1. The van der Waals surface area contributed by atoms with E-state index in [2.05, 4.69) is 23.8 Å². The first-order chi connectivity index (χ1) is 8.97. The van der Waals surface area contributed by atoms with Crippen molar-refractivity contribution in [1.82, 2.24) is 14.9 Å². The number of aryl methyl sites for hydroxylation is 1. The van der Waals surface area contributed by atoms with Gasteiger partial charge in [-0.15, -0.1) is 0 Å². The summed E-state index contributed by atoms with van der Waals surface area (Å²) in [5, 5.41) is 0. The van der Waals surface area contributed by atoms with Crippen LogP contribution in [0.1, 0.15) is 36.5 Å². The lowest BCUT2D eigenvalue weighted by Crippen LogP contribution is -2.21. The van der Waals surface area contributed by atoms with Gasteiger partial charge in [-0.3, -0.25) is 4.79 Å². The van der Waals surface area contributed by atoms with Gasteiger partial charge in [0.15, 0.2) is 0 Å². The lowest BCUT2D eigenvalue weighted by Gasteiger charge is -2.09. The number of nitrogens with zero attached hydrogens (tertiary/aromatic N) is 2. The van der Waals surface area contributed by atoms with Gasteiger partial charge in [-0.1, -0.05) is 13.8 Å². The Morgan fingerprint density at radius 1 is 1.37 bits per heavy atom. The zero-order valence-electron chi connectivity index (χ0n) is 12.0. The molecule has 1 N–H and O–H groups in total. The van der Waals surface area contributed by atoms with Crippen LogP contribution in [0.5, 0.6) is 0 Å². The van der Waals surface area contributed by atoms with Crippen LogP contribution in [0.4, 0.5) is 0 Å². The number of amides is 1. The van der Waals surface area contributed by atoms with Crippen LogP contribution in [0.2, 0.25) is 0 Å². The maximum Gasteiger partial charge on any atom is 0.253 e. The monoisotopic (exact) mass is 259 g/mol. The van der Waals surface area contributed by atoms with Crippen LogP contribution in [0.3, 0.4) is 0 Å². The predicted molar refractivity (Wildman–Crippen MR) is 77.3 cm³/mol. The molecule has 0 aliphatic heterocycles. The maximum absolute atomic E-state index is 11.9. The standard InChI is InChI=1S/C15H21N3O/c1-10(2)5-8-14-16-12-7-6-11(9-13(12)17-14)15(19)18(3)4/h6-7,9-10H,5,8H2,1-4H3,(H,16,17). The number of benzene rings is 1. The third kappa shape index (κ3) is 3.13. The summed E-state index contributed by atoms with van der Waals surface area (Å²) in [7, 11) is 3.51. The quantitative estimate of drug-likeness (QED) is 0.917. The summed E-state index contributed by atoms with van der Waals surface area (Å²) >= 11 is 0. The van der Waals surface area contributed by atoms with Crippen molar-refractivity contribution in [3.05, 3.63) is 29.6 Å². The van der Waals surface area contributed by atoms with E-state index in [9.17, 15) is 4.79 Å². The van der Waals surface area contributed by atoms with E-state index in [0.29, 0.717) is 11.5 Å². The molecular formula is C15H21N3O. The van der Waals surface area contributed by atoms with Crippen molar-refractivity contribution in [3.8, 4) is 0 Å². The van der Waals surface area contributed by atoms with Crippen LogP contribution in [0, 0.1) is 5.92 Å². The molecule has 4 heteroatoms. The summed E-state index contributed by atoms with van der Waals surface area (Å²) in [6, 6.07) is 5.61. The fourth-order valence-corrected chi connectivity index (χ4v) is 2.00. The van der Waals surface area contributed by atoms with E-state index in [-0.39, 0.29) is 5.91 Å². The minimum absolute atomic E-state index is 0.0141. The van der Waals surface area contributed by atoms with Crippen LogP contribution >= 0.6 is 0 Å². The smallest absolute Gasteiger partial charge is 0.253 e. The highest BCUT2D eigenvalue weighted by molar-refractivity contribution is 5.97. The number of fused-ring (bicyclic) bond motifs is 1. The molecule has 0 saturated carbocycles. The van der Waals surface area contributed by atoms with Crippen LogP contribution in [-0.4, -0.2) is 34.9 Å². The Kier molecular flexibility index (Phi) is 3.88. The Morgan fingerprint density at radius 2 is 2.11 bits per heavy atom. The van der Waals surface area contributed by atoms with Crippen LogP contribution in [0.25, 0.3) is 11.0 Å². The Labute approximate surface area is 113 Å². The number of rotatable bonds is 4. The van der Waals surface area contributed by atoms with Gasteiger partial charge in [-0.25, -0.2) is 4.98 Å². The molecule has 0 unspecified atom stereocenters. The molecule has 0 fully saturated rings. The molecule has 0 aliphatic carbocycles. The Bertz CT molecular complexity index is 584. The molecule has 0 spiro atoms. The molecular weight excluding hydrogens is 238 g/mol.